The summed E-state index contributed by atoms with van der Waals surface area (Å²) in [7, 11) is 0. The molecule has 1 atom stereocenters. The molecule has 0 rings (SSSR count). The molecule has 0 N–H and O–H groups in total. The number of carbonyl (C=O) groups excluding carboxylic acids is 1. The van der Waals surface area contributed by atoms with Gasteiger partial charge in [0.2, 0.25) is 0 Å². The zero-order valence-corrected chi connectivity index (χ0v) is 20.6. The Kier molecular flexibility index (Phi) is 16.2. The molecule has 0 aliphatic rings. The Bertz CT molecular complexity index is 330. The molecular weight excluding hydrogens is 415 g/mol. The monoisotopic (exact) mass is 460 g/mol. The first kappa shape index (κ1) is 25.0. The zero-order chi connectivity index (χ0) is 19.0. The molecule has 0 saturated carbocycles. The van der Waals surface area contributed by atoms with Crippen LogP contribution < -0.4 is 0 Å². The normalized spacial score (nSPS) is 13.3. The van der Waals surface area contributed by atoms with Crippen molar-refractivity contribution in [3.8, 4) is 0 Å². The Labute approximate surface area is 162 Å². The van der Waals surface area contributed by atoms with Crippen molar-refractivity contribution in [3.05, 3.63) is 10.2 Å². The Hall–Kier alpha value is 0.00870. The van der Waals surface area contributed by atoms with E-state index in [0.29, 0.717) is 0 Å². The van der Waals surface area contributed by atoms with Crippen LogP contribution in [0, 0.1) is 0 Å². The number of esters is 1. The summed E-state index contributed by atoms with van der Waals surface area (Å²) in [4.78, 5) is 11.5. The van der Waals surface area contributed by atoms with E-state index in [4.69, 9.17) is 4.74 Å². The SMILES string of the molecule is CCCCC[C@@H](/C=[CH]/[Sn]([CH2]CCC)([CH2]CCC)[CH2]CCC)OC(C)=O. The van der Waals surface area contributed by atoms with E-state index < -0.39 is 18.4 Å². The van der Waals surface area contributed by atoms with Crippen molar-refractivity contribution in [2.75, 3.05) is 0 Å². The first-order chi connectivity index (χ1) is 12.0. The average molecular weight is 459 g/mol. The molecule has 0 bridgehead atoms. The predicted molar refractivity (Wildman–Crippen MR) is 114 cm³/mol. The number of carbonyl (C=O) groups is 1. The van der Waals surface area contributed by atoms with Gasteiger partial charge < -0.3 is 0 Å². The maximum atomic E-state index is 11.5. The quantitative estimate of drug-likeness (QED) is 0.136. The van der Waals surface area contributed by atoms with Gasteiger partial charge in [-0.15, -0.1) is 0 Å². The average Bonchev–Trinajstić information content (AvgIpc) is 2.60. The third-order valence-corrected chi connectivity index (χ3v) is 19.3. The second kappa shape index (κ2) is 16.2. The molecule has 0 aromatic rings. The summed E-state index contributed by atoms with van der Waals surface area (Å²) >= 11 is -2.26. The van der Waals surface area contributed by atoms with Crippen LogP contribution >= 0.6 is 0 Å². The summed E-state index contributed by atoms with van der Waals surface area (Å²) in [6.45, 7) is 10.7. The summed E-state index contributed by atoms with van der Waals surface area (Å²) in [5.41, 5.74) is 0. The molecule has 0 aromatic heterocycles. The Balaban J connectivity index is 5.16. The van der Waals surface area contributed by atoms with Crippen LogP contribution in [-0.2, 0) is 9.53 Å². The minimum atomic E-state index is -2.26. The van der Waals surface area contributed by atoms with Crippen molar-refractivity contribution in [2.45, 2.75) is 118 Å². The van der Waals surface area contributed by atoms with Gasteiger partial charge in [0.15, 0.2) is 0 Å². The van der Waals surface area contributed by atoms with Crippen molar-refractivity contribution >= 4 is 24.3 Å². The molecule has 0 unspecified atom stereocenters. The van der Waals surface area contributed by atoms with Gasteiger partial charge in [-0.05, 0) is 0 Å². The van der Waals surface area contributed by atoms with E-state index in [9.17, 15) is 4.79 Å². The van der Waals surface area contributed by atoms with Gasteiger partial charge in [0, 0.05) is 0 Å². The van der Waals surface area contributed by atoms with Crippen molar-refractivity contribution < 1.29 is 9.53 Å². The van der Waals surface area contributed by atoms with Crippen LogP contribution in [0.5, 0.6) is 0 Å². The summed E-state index contributed by atoms with van der Waals surface area (Å²) in [5, 5.41) is 0. The van der Waals surface area contributed by atoms with Gasteiger partial charge in [-0.2, -0.15) is 0 Å². The summed E-state index contributed by atoms with van der Waals surface area (Å²) in [5.74, 6) is -0.136. The molecule has 0 aliphatic heterocycles. The van der Waals surface area contributed by atoms with Crippen molar-refractivity contribution in [1.82, 2.24) is 0 Å². The van der Waals surface area contributed by atoms with E-state index in [1.807, 2.05) is 0 Å². The fraction of sp³-hybridized carbons (Fsp3) is 0.864. The van der Waals surface area contributed by atoms with Gasteiger partial charge in [0.25, 0.3) is 0 Å². The molecule has 148 valence electrons. The molecular formula is C22H44O2Sn. The second-order valence-corrected chi connectivity index (χ2v) is 20.7. The molecule has 0 aromatic carbocycles. The van der Waals surface area contributed by atoms with Crippen molar-refractivity contribution in [3.63, 3.8) is 0 Å². The fourth-order valence-electron chi connectivity index (χ4n) is 3.53. The van der Waals surface area contributed by atoms with Gasteiger partial charge in [-0.1, -0.05) is 0 Å². The van der Waals surface area contributed by atoms with Crippen LogP contribution in [-0.4, -0.2) is 30.5 Å². The summed E-state index contributed by atoms with van der Waals surface area (Å²) < 4.78 is 12.7. The van der Waals surface area contributed by atoms with Crippen LogP contribution in [0.1, 0.15) is 98.8 Å². The molecule has 0 amide bonds. The van der Waals surface area contributed by atoms with Gasteiger partial charge in [0.1, 0.15) is 0 Å². The minimum absolute atomic E-state index is 0.00463. The molecule has 0 saturated heterocycles. The first-order valence-corrected chi connectivity index (χ1v) is 18.6. The topological polar surface area (TPSA) is 26.3 Å². The Morgan fingerprint density at radius 3 is 1.72 bits per heavy atom. The van der Waals surface area contributed by atoms with Gasteiger partial charge >= 0.3 is 162 Å². The number of rotatable bonds is 16. The third-order valence-electron chi connectivity index (χ3n) is 5.16. The molecule has 0 fully saturated rings. The molecule has 0 heterocycles. The number of hydrogen-bond donors (Lipinski definition) is 0. The van der Waals surface area contributed by atoms with Crippen LogP contribution in [0.4, 0.5) is 0 Å². The molecule has 2 nitrogen and oxygen atoms in total. The van der Waals surface area contributed by atoms with Crippen molar-refractivity contribution in [1.29, 1.82) is 0 Å². The predicted octanol–water partition coefficient (Wildman–Crippen LogP) is 7.44. The fourth-order valence-corrected chi connectivity index (χ4v) is 17.9. The number of unbranched alkanes of at least 4 members (excludes halogenated alkanes) is 5. The third kappa shape index (κ3) is 12.9. The van der Waals surface area contributed by atoms with Gasteiger partial charge in [-0.25, -0.2) is 0 Å². The molecule has 25 heavy (non-hydrogen) atoms. The second-order valence-electron chi connectivity index (χ2n) is 7.68. The van der Waals surface area contributed by atoms with Crippen LogP contribution in [0.2, 0.25) is 13.3 Å². The van der Waals surface area contributed by atoms with E-state index in [-0.39, 0.29) is 12.1 Å². The van der Waals surface area contributed by atoms with E-state index in [2.05, 4.69) is 37.9 Å². The maximum absolute atomic E-state index is 11.5. The van der Waals surface area contributed by atoms with Crippen molar-refractivity contribution in [2.24, 2.45) is 0 Å². The standard InChI is InChI=1S/C10H17O2.3C4H9.Sn/c1-4-6-7-8-10(5-2)12-9(3)11;3*1-3-4-2;/h2,5,10H,4,6-8H2,1,3H3;3*1,3-4H2,2H3;/t10-;;;;/m1..../s1. The molecule has 0 radical (unpaired) electrons. The molecule has 3 heteroatoms. The Morgan fingerprint density at radius 2 is 1.32 bits per heavy atom. The number of ether oxygens (including phenoxy) is 1. The zero-order valence-electron chi connectivity index (χ0n) is 17.7. The van der Waals surface area contributed by atoms with Gasteiger partial charge in [-0.3, -0.25) is 0 Å². The van der Waals surface area contributed by atoms with Crippen LogP contribution in [0.3, 0.4) is 0 Å². The molecule has 0 aliphatic carbocycles. The van der Waals surface area contributed by atoms with Gasteiger partial charge in [0.05, 0.1) is 0 Å². The summed E-state index contributed by atoms with van der Waals surface area (Å²) in [6, 6.07) is 0. The Morgan fingerprint density at radius 1 is 0.840 bits per heavy atom. The van der Waals surface area contributed by atoms with Crippen LogP contribution in [0.15, 0.2) is 10.2 Å². The number of hydrogen-bond acceptors (Lipinski definition) is 2. The molecule has 0 spiro atoms. The first-order valence-electron chi connectivity index (χ1n) is 10.9. The van der Waals surface area contributed by atoms with E-state index in [0.717, 1.165) is 12.8 Å². The van der Waals surface area contributed by atoms with E-state index in [1.165, 1.54) is 64.7 Å². The van der Waals surface area contributed by atoms with Crippen LogP contribution in [0.25, 0.3) is 0 Å². The van der Waals surface area contributed by atoms with E-state index in [1.54, 1.807) is 6.92 Å². The van der Waals surface area contributed by atoms with E-state index >= 15 is 0 Å². The summed E-state index contributed by atoms with van der Waals surface area (Å²) in [6.07, 6.45) is 14.9.